The Morgan fingerprint density at radius 2 is 1.90 bits per heavy atom. The second kappa shape index (κ2) is 7.26. The molecule has 1 aliphatic rings. The van der Waals surface area contributed by atoms with Crippen LogP contribution in [0, 0.1) is 5.41 Å². The van der Waals surface area contributed by atoms with E-state index in [0.717, 1.165) is 6.42 Å². The monoisotopic (exact) mass is 352 g/mol. The number of hydrogen-bond acceptors (Lipinski definition) is 2. The fourth-order valence-electron chi connectivity index (χ4n) is 3.67. The lowest BCUT2D eigenvalue weighted by Crippen LogP contribution is -2.41. The standard InChI is InChI=1S/C18H29BrN2/c1-4-16(20)17(14-9-7-8-10-15(14)19)21-12-11-18(5-2,6-3)13-21/h7-10,16-17H,4-6,11-13,20H2,1-3H3. The van der Waals surface area contributed by atoms with Gasteiger partial charge in [-0.05, 0) is 49.3 Å². The number of rotatable bonds is 6. The van der Waals surface area contributed by atoms with Crippen molar-refractivity contribution in [1.29, 1.82) is 0 Å². The summed E-state index contributed by atoms with van der Waals surface area (Å²) in [7, 11) is 0. The van der Waals surface area contributed by atoms with E-state index < -0.39 is 0 Å². The molecule has 2 unspecified atom stereocenters. The molecule has 3 heteroatoms. The molecule has 1 fully saturated rings. The van der Waals surface area contributed by atoms with Crippen LogP contribution in [-0.4, -0.2) is 24.0 Å². The smallest absolute Gasteiger partial charge is 0.0510 e. The summed E-state index contributed by atoms with van der Waals surface area (Å²) in [5, 5.41) is 0. The maximum absolute atomic E-state index is 6.51. The largest absolute Gasteiger partial charge is 0.326 e. The van der Waals surface area contributed by atoms with Crippen molar-refractivity contribution < 1.29 is 0 Å². The molecule has 2 nitrogen and oxygen atoms in total. The van der Waals surface area contributed by atoms with Crippen LogP contribution < -0.4 is 5.73 Å². The molecule has 0 saturated carbocycles. The van der Waals surface area contributed by atoms with E-state index in [1.165, 1.54) is 42.4 Å². The number of hydrogen-bond donors (Lipinski definition) is 1. The topological polar surface area (TPSA) is 29.3 Å². The zero-order valence-electron chi connectivity index (χ0n) is 13.6. The first-order valence-corrected chi connectivity index (χ1v) is 9.10. The normalized spacial score (nSPS) is 21.4. The number of benzene rings is 1. The molecule has 0 spiro atoms. The van der Waals surface area contributed by atoms with Crippen LogP contribution in [0.3, 0.4) is 0 Å². The van der Waals surface area contributed by atoms with E-state index in [1.54, 1.807) is 0 Å². The minimum atomic E-state index is 0.188. The van der Waals surface area contributed by atoms with Crippen LogP contribution in [-0.2, 0) is 0 Å². The van der Waals surface area contributed by atoms with Crippen LogP contribution >= 0.6 is 15.9 Å². The number of nitrogens with zero attached hydrogens (tertiary/aromatic N) is 1. The predicted octanol–water partition coefficient (Wildman–Crippen LogP) is 4.74. The van der Waals surface area contributed by atoms with Gasteiger partial charge >= 0.3 is 0 Å². The fourth-order valence-corrected chi connectivity index (χ4v) is 4.19. The Hall–Kier alpha value is -0.380. The Bertz CT molecular complexity index is 456. The summed E-state index contributed by atoms with van der Waals surface area (Å²) in [6.45, 7) is 9.21. The van der Waals surface area contributed by atoms with Crippen LogP contribution in [0.2, 0.25) is 0 Å². The van der Waals surface area contributed by atoms with Gasteiger partial charge < -0.3 is 5.73 Å². The zero-order valence-corrected chi connectivity index (χ0v) is 15.2. The van der Waals surface area contributed by atoms with Crippen molar-refractivity contribution in [2.24, 2.45) is 11.1 Å². The Kier molecular flexibility index (Phi) is 5.87. The van der Waals surface area contributed by atoms with Gasteiger partial charge in [-0.3, -0.25) is 4.90 Å². The highest BCUT2D eigenvalue weighted by atomic mass is 79.9. The molecule has 118 valence electrons. The van der Waals surface area contributed by atoms with E-state index in [2.05, 4.69) is 65.9 Å². The molecule has 1 aromatic rings. The van der Waals surface area contributed by atoms with Gasteiger partial charge in [-0.15, -0.1) is 0 Å². The van der Waals surface area contributed by atoms with E-state index >= 15 is 0 Å². The van der Waals surface area contributed by atoms with Gasteiger partial charge in [-0.1, -0.05) is 54.9 Å². The van der Waals surface area contributed by atoms with Crippen molar-refractivity contribution in [3.63, 3.8) is 0 Å². The average molecular weight is 353 g/mol. The van der Waals surface area contributed by atoms with Gasteiger partial charge in [0.15, 0.2) is 0 Å². The molecule has 0 aromatic heterocycles. The van der Waals surface area contributed by atoms with Gasteiger partial charge in [0.25, 0.3) is 0 Å². The van der Waals surface area contributed by atoms with Crippen molar-refractivity contribution in [3.05, 3.63) is 34.3 Å². The third-order valence-electron chi connectivity index (χ3n) is 5.46. The molecule has 1 saturated heterocycles. The van der Waals surface area contributed by atoms with Crippen molar-refractivity contribution in [1.82, 2.24) is 4.90 Å². The lowest BCUT2D eigenvalue weighted by molar-refractivity contribution is 0.171. The highest BCUT2D eigenvalue weighted by Gasteiger charge is 2.39. The Morgan fingerprint density at radius 3 is 2.43 bits per heavy atom. The second-order valence-electron chi connectivity index (χ2n) is 6.47. The van der Waals surface area contributed by atoms with Crippen LogP contribution in [0.4, 0.5) is 0 Å². The molecule has 0 bridgehead atoms. The van der Waals surface area contributed by atoms with Gasteiger partial charge in [0.05, 0.1) is 6.04 Å². The van der Waals surface area contributed by atoms with E-state index in [4.69, 9.17) is 5.73 Å². The van der Waals surface area contributed by atoms with Gasteiger partial charge in [-0.2, -0.15) is 0 Å². The SMILES string of the molecule is CCC(N)C(c1ccccc1Br)N1CCC(CC)(CC)C1. The van der Waals surface area contributed by atoms with E-state index in [0.29, 0.717) is 11.5 Å². The van der Waals surface area contributed by atoms with Gasteiger partial charge in [0.2, 0.25) is 0 Å². The van der Waals surface area contributed by atoms with Crippen molar-refractivity contribution in [2.45, 2.75) is 58.5 Å². The molecule has 0 aliphatic carbocycles. The Morgan fingerprint density at radius 1 is 1.24 bits per heavy atom. The maximum atomic E-state index is 6.51. The fraction of sp³-hybridized carbons (Fsp3) is 0.667. The first-order chi connectivity index (χ1) is 10.1. The zero-order chi connectivity index (χ0) is 15.5. The molecule has 21 heavy (non-hydrogen) atoms. The molecular formula is C18H29BrN2. The molecule has 0 amide bonds. The quantitative estimate of drug-likeness (QED) is 0.800. The Labute approximate surface area is 138 Å². The van der Waals surface area contributed by atoms with Gasteiger partial charge in [0.1, 0.15) is 0 Å². The lowest BCUT2D eigenvalue weighted by Gasteiger charge is -2.35. The minimum absolute atomic E-state index is 0.188. The van der Waals surface area contributed by atoms with Crippen molar-refractivity contribution in [2.75, 3.05) is 13.1 Å². The molecule has 1 aliphatic heterocycles. The van der Waals surface area contributed by atoms with E-state index in [-0.39, 0.29) is 6.04 Å². The molecule has 2 rings (SSSR count). The second-order valence-corrected chi connectivity index (χ2v) is 7.32. The Balaban J connectivity index is 2.29. The lowest BCUT2D eigenvalue weighted by atomic mass is 9.82. The predicted molar refractivity (Wildman–Crippen MR) is 94.4 cm³/mol. The van der Waals surface area contributed by atoms with Crippen LogP contribution in [0.25, 0.3) is 0 Å². The van der Waals surface area contributed by atoms with Gasteiger partial charge in [-0.25, -0.2) is 0 Å². The number of nitrogens with two attached hydrogens (primary N) is 1. The summed E-state index contributed by atoms with van der Waals surface area (Å²) < 4.78 is 1.18. The molecule has 1 heterocycles. The summed E-state index contributed by atoms with van der Waals surface area (Å²) in [5.74, 6) is 0. The summed E-state index contributed by atoms with van der Waals surface area (Å²) in [6.07, 6.45) is 4.85. The minimum Gasteiger partial charge on any atom is -0.326 e. The van der Waals surface area contributed by atoms with Crippen molar-refractivity contribution in [3.8, 4) is 0 Å². The summed E-state index contributed by atoms with van der Waals surface area (Å²) >= 11 is 3.72. The summed E-state index contributed by atoms with van der Waals surface area (Å²) in [5.41, 5.74) is 8.34. The van der Waals surface area contributed by atoms with Gasteiger partial charge in [0, 0.05) is 17.1 Å². The highest BCUT2D eigenvalue weighted by Crippen LogP contribution is 2.42. The van der Waals surface area contributed by atoms with E-state index in [1.807, 2.05) is 0 Å². The average Bonchev–Trinajstić information content (AvgIpc) is 2.94. The molecule has 0 radical (unpaired) electrons. The van der Waals surface area contributed by atoms with E-state index in [9.17, 15) is 0 Å². The van der Waals surface area contributed by atoms with Crippen molar-refractivity contribution >= 4 is 15.9 Å². The molecule has 1 aromatic carbocycles. The summed E-state index contributed by atoms with van der Waals surface area (Å²) in [4.78, 5) is 2.63. The highest BCUT2D eigenvalue weighted by molar-refractivity contribution is 9.10. The van der Waals surface area contributed by atoms with Crippen LogP contribution in [0.1, 0.15) is 58.1 Å². The molecular weight excluding hydrogens is 324 g/mol. The first kappa shape index (κ1) is 17.0. The number of likely N-dealkylation sites (tertiary alicyclic amines) is 1. The maximum Gasteiger partial charge on any atom is 0.0510 e. The molecule has 2 atom stereocenters. The van der Waals surface area contributed by atoms with Crippen LogP contribution in [0.5, 0.6) is 0 Å². The summed E-state index contributed by atoms with van der Waals surface area (Å²) in [6, 6.07) is 9.07. The van der Waals surface area contributed by atoms with Crippen LogP contribution in [0.15, 0.2) is 28.7 Å². The first-order valence-electron chi connectivity index (χ1n) is 8.31. The molecule has 2 N–H and O–H groups in total. The third kappa shape index (κ3) is 3.52. The third-order valence-corrected chi connectivity index (χ3v) is 6.18. The number of halogens is 1.